The molecule has 0 saturated carbocycles. The maximum absolute atomic E-state index is 13.6. The number of carbonyl (C=O) groups is 2. The molecule has 4 rings (SSSR count). The highest BCUT2D eigenvalue weighted by atomic mass is 35.5. The van der Waals surface area contributed by atoms with Crippen LogP contribution in [0.2, 0.25) is 15.1 Å². The van der Waals surface area contributed by atoms with Gasteiger partial charge in [-0.05, 0) is 42.0 Å². The van der Waals surface area contributed by atoms with Crippen LogP contribution in [0.15, 0.2) is 59.2 Å². The second-order valence-corrected chi connectivity index (χ2v) is 11.2. The average Bonchev–Trinajstić information content (AvgIpc) is 3.34. The van der Waals surface area contributed by atoms with Gasteiger partial charge in [-0.15, -0.1) is 0 Å². The Morgan fingerprint density at radius 3 is 2.45 bits per heavy atom. The summed E-state index contributed by atoms with van der Waals surface area (Å²) in [5.74, 6) is -2.55. The highest BCUT2D eigenvalue weighted by Crippen LogP contribution is 2.37. The van der Waals surface area contributed by atoms with Gasteiger partial charge in [-0.25, -0.2) is 18.2 Å². The van der Waals surface area contributed by atoms with E-state index < -0.39 is 48.2 Å². The van der Waals surface area contributed by atoms with Crippen molar-refractivity contribution in [3.8, 4) is 5.75 Å². The summed E-state index contributed by atoms with van der Waals surface area (Å²) in [6, 6.07) is 8.99. The Morgan fingerprint density at radius 1 is 1.10 bits per heavy atom. The maximum atomic E-state index is 13.6. The minimum Gasteiger partial charge on any atom is -0.487 e. The molecule has 260 valence electrons. The molecule has 5 N–H and O–H groups in total. The minimum absolute atomic E-state index is 0.0131. The van der Waals surface area contributed by atoms with E-state index in [1.165, 1.54) is 41.0 Å². The standard InChI is InChI=1S/C30H24Cl3F6N7O3/c1-41-20(9-23(40)30(37,38)39)28(48)42-11-13-3-5-16(31)26(25(13)33)45-29-44-19-8-15(22(49-12-24(35)36)10-21(19)46(29)2)27(47)43-14-4-6-18(34)17(32)7-14/h3-10,24H,11-12,40H2,1-2H3,(H,42,48)(H,43,47)(H,44,45). The van der Waals surface area contributed by atoms with Crippen molar-refractivity contribution < 1.29 is 40.7 Å². The number of anilines is 3. The number of halogens is 9. The molecule has 49 heavy (non-hydrogen) atoms. The van der Waals surface area contributed by atoms with E-state index in [-0.39, 0.29) is 55.8 Å². The molecule has 0 saturated heterocycles. The fourth-order valence-electron chi connectivity index (χ4n) is 4.24. The van der Waals surface area contributed by atoms with Crippen molar-refractivity contribution in [3.05, 3.63) is 86.2 Å². The predicted molar refractivity (Wildman–Crippen MR) is 175 cm³/mol. The quantitative estimate of drug-likeness (QED) is 0.0932. The van der Waals surface area contributed by atoms with E-state index in [0.717, 1.165) is 13.1 Å². The van der Waals surface area contributed by atoms with Gasteiger partial charge in [0.2, 0.25) is 5.95 Å². The summed E-state index contributed by atoms with van der Waals surface area (Å²) < 4.78 is 85.0. The van der Waals surface area contributed by atoms with E-state index in [4.69, 9.17) is 45.3 Å². The molecule has 0 aliphatic rings. The van der Waals surface area contributed by atoms with Crippen molar-refractivity contribution in [3.63, 3.8) is 0 Å². The van der Waals surface area contributed by atoms with Gasteiger partial charge < -0.3 is 31.0 Å². The van der Waals surface area contributed by atoms with Crippen LogP contribution < -0.4 is 26.4 Å². The lowest BCUT2D eigenvalue weighted by molar-refractivity contribution is -0.114. The number of rotatable bonds is 11. The molecular weight excluding hydrogens is 727 g/mol. The smallest absolute Gasteiger partial charge is 0.430 e. The molecule has 1 heterocycles. The Morgan fingerprint density at radius 2 is 1.82 bits per heavy atom. The molecule has 0 radical (unpaired) electrons. The number of aryl methyl sites for hydroxylation is 1. The number of hydrogen-bond donors (Lipinski definition) is 4. The van der Waals surface area contributed by atoms with E-state index in [0.29, 0.717) is 17.2 Å². The van der Waals surface area contributed by atoms with Crippen molar-refractivity contribution in [1.29, 1.82) is 0 Å². The molecule has 0 aliphatic heterocycles. The molecule has 0 bridgehead atoms. The van der Waals surface area contributed by atoms with E-state index in [9.17, 15) is 35.9 Å². The Kier molecular flexibility index (Phi) is 11.6. The number of nitrogens with zero attached hydrogens (tertiary/aromatic N) is 3. The fraction of sp³-hybridized carbons (Fsp3) is 0.200. The molecule has 0 atom stereocenters. The topological polar surface area (TPSA) is 136 Å². The van der Waals surface area contributed by atoms with Gasteiger partial charge in [0, 0.05) is 32.4 Å². The van der Waals surface area contributed by atoms with Crippen LogP contribution in [0.4, 0.5) is 43.7 Å². The van der Waals surface area contributed by atoms with Crippen molar-refractivity contribution in [2.45, 2.75) is 19.1 Å². The Bertz CT molecular complexity index is 1980. The van der Waals surface area contributed by atoms with Crippen molar-refractivity contribution in [2.24, 2.45) is 17.8 Å². The second kappa shape index (κ2) is 15.3. The summed E-state index contributed by atoms with van der Waals surface area (Å²) in [5.41, 5.74) is 3.83. The molecule has 0 unspecified atom stereocenters. The van der Waals surface area contributed by atoms with Crippen LogP contribution in [0, 0.1) is 5.82 Å². The van der Waals surface area contributed by atoms with Crippen LogP contribution in [0.3, 0.4) is 0 Å². The van der Waals surface area contributed by atoms with Gasteiger partial charge in [-0.3, -0.25) is 14.6 Å². The van der Waals surface area contributed by atoms with Gasteiger partial charge in [0.25, 0.3) is 18.2 Å². The first-order valence-corrected chi connectivity index (χ1v) is 14.8. The molecule has 3 aromatic carbocycles. The lowest BCUT2D eigenvalue weighted by atomic mass is 10.1. The SMILES string of the molecule is CN=C(C=C(N)C(F)(F)F)C(=O)NCc1ccc(Cl)c(Nc2nc3cc(C(=O)Nc4ccc(F)c(Cl)c4)c(OCC(F)F)cc3n2C)c1Cl. The lowest BCUT2D eigenvalue weighted by Crippen LogP contribution is -2.31. The Labute approximate surface area is 288 Å². The lowest BCUT2D eigenvalue weighted by Gasteiger charge is -2.14. The van der Waals surface area contributed by atoms with Gasteiger partial charge in [-0.1, -0.05) is 40.9 Å². The van der Waals surface area contributed by atoms with E-state index >= 15 is 0 Å². The number of carbonyl (C=O) groups excluding carboxylic acids is 2. The molecule has 2 amide bonds. The van der Waals surface area contributed by atoms with Gasteiger partial charge in [0.1, 0.15) is 29.6 Å². The molecular formula is C30H24Cl3F6N7O3. The number of allylic oxidation sites excluding steroid dienone is 1. The maximum Gasteiger partial charge on any atom is 0.430 e. The zero-order valence-electron chi connectivity index (χ0n) is 25.2. The van der Waals surface area contributed by atoms with Gasteiger partial charge >= 0.3 is 6.18 Å². The van der Waals surface area contributed by atoms with E-state index in [2.05, 4.69) is 25.9 Å². The zero-order valence-corrected chi connectivity index (χ0v) is 27.4. The number of aromatic nitrogens is 2. The van der Waals surface area contributed by atoms with Crippen LogP contribution in [0.5, 0.6) is 5.75 Å². The Balaban J connectivity index is 1.63. The predicted octanol–water partition coefficient (Wildman–Crippen LogP) is 7.40. The summed E-state index contributed by atoms with van der Waals surface area (Å²) in [4.78, 5) is 33.7. The Hall–Kier alpha value is -4.67. The van der Waals surface area contributed by atoms with Gasteiger partial charge in [0.05, 0.1) is 37.4 Å². The number of hydrogen-bond acceptors (Lipinski definition) is 7. The summed E-state index contributed by atoms with van der Waals surface area (Å²) in [5, 5.41) is 7.75. The largest absolute Gasteiger partial charge is 0.487 e. The third-order valence-electron chi connectivity index (χ3n) is 6.71. The normalized spacial score (nSPS) is 12.4. The van der Waals surface area contributed by atoms with Gasteiger partial charge in [-0.2, -0.15) is 13.2 Å². The molecule has 1 aromatic heterocycles. The number of amides is 2. The van der Waals surface area contributed by atoms with Crippen LogP contribution in [-0.4, -0.2) is 53.3 Å². The summed E-state index contributed by atoms with van der Waals surface area (Å²) in [6.07, 6.45) is -7.32. The number of alkyl halides is 5. The molecule has 19 heteroatoms. The number of nitrogens with one attached hydrogen (secondary N) is 3. The van der Waals surface area contributed by atoms with Crippen molar-refractivity contribution >= 4 is 80.7 Å². The zero-order chi connectivity index (χ0) is 36.2. The minimum atomic E-state index is -4.86. The molecule has 10 nitrogen and oxygen atoms in total. The first-order valence-electron chi connectivity index (χ1n) is 13.7. The fourth-order valence-corrected chi connectivity index (χ4v) is 4.95. The number of ether oxygens (including phenoxy) is 1. The van der Waals surface area contributed by atoms with E-state index in [1.807, 2.05) is 0 Å². The first kappa shape index (κ1) is 37.2. The monoisotopic (exact) mass is 749 g/mol. The number of aliphatic imine (C=N–C) groups is 1. The second-order valence-electron chi connectivity index (χ2n) is 10.0. The number of nitrogens with two attached hydrogens (primary N) is 1. The molecule has 0 fully saturated rings. The van der Waals surface area contributed by atoms with Crippen molar-refractivity contribution in [1.82, 2.24) is 14.9 Å². The highest BCUT2D eigenvalue weighted by molar-refractivity contribution is 6.43. The molecule has 0 spiro atoms. The number of imidazole rings is 1. The molecule has 4 aromatic rings. The number of fused-ring (bicyclic) bond motifs is 1. The first-order chi connectivity index (χ1) is 23.0. The van der Waals surface area contributed by atoms with Crippen LogP contribution in [0.1, 0.15) is 15.9 Å². The van der Waals surface area contributed by atoms with Gasteiger partial charge in [0.15, 0.2) is 0 Å². The molecule has 0 aliphatic carbocycles. The summed E-state index contributed by atoms with van der Waals surface area (Å²) in [7, 11) is 2.68. The van der Waals surface area contributed by atoms with Crippen molar-refractivity contribution in [2.75, 3.05) is 24.3 Å². The highest BCUT2D eigenvalue weighted by Gasteiger charge is 2.32. The summed E-state index contributed by atoms with van der Waals surface area (Å²) >= 11 is 18.8. The number of benzene rings is 3. The van der Waals surface area contributed by atoms with Crippen LogP contribution in [-0.2, 0) is 18.4 Å². The van der Waals surface area contributed by atoms with E-state index in [1.54, 1.807) is 7.05 Å². The van der Waals surface area contributed by atoms with Crippen LogP contribution in [0.25, 0.3) is 11.0 Å². The summed E-state index contributed by atoms with van der Waals surface area (Å²) in [6.45, 7) is -1.28. The third kappa shape index (κ3) is 8.87. The third-order valence-corrected chi connectivity index (χ3v) is 7.75. The van der Waals surface area contributed by atoms with Crippen LogP contribution >= 0.6 is 34.8 Å². The average molecular weight is 751 g/mol.